The van der Waals surface area contributed by atoms with Crippen LogP contribution in [0.4, 0.5) is 0 Å². The molecule has 2 nitrogen and oxygen atoms in total. The summed E-state index contributed by atoms with van der Waals surface area (Å²) in [6.45, 7) is 0.587. The Labute approximate surface area is 61.0 Å². The van der Waals surface area contributed by atoms with Crippen molar-refractivity contribution < 1.29 is 0 Å². The van der Waals surface area contributed by atoms with Gasteiger partial charge in [0.15, 0.2) is 0 Å². The van der Waals surface area contributed by atoms with Crippen LogP contribution in [-0.2, 0) is 0 Å². The molecule has 0 aliphatic rings. The van der Waals surface area contributed by atoms with Crippen molar-refractivity contribution in [2.45, 2.75) is 0 Å². The minimum absolute atomic E-state index is 0.587. The van der Waals surface area contributed by atoms with Gasteiger partial charge >= 0.3 is 0 Å². The van der Waals surface area contributed by atoms with Gasteiger partial charge in [-0.05, 0) is 5.56 Å². The van der Waals surface area contributed by atoms with Crippen LogP contribution in [0.5, 0.6) is 0 Å². The van der Waals surface area contributed by atoms with Gasteiger partial charge < -0.3 is 0 Å². The molecule has 0 aliphatic heterocycles. The van der Waals surface area contributed by atoms with Crippen LogP contribution >= 0.6 is 0 Å². The third kappa shape index (κ3) is 2.17. The van der Waals surface area contributed by atoms with Crippen LogP contribution in [0, 0.1) is 6.42 Å². The topological polar surface area (TPSA) is 40.1 Å². The van der Waals surface area contributed by atoms with Crippen LogP contribution in [-0.4, -0.2) is 6.54 Å². The molecule has 0 saturated carbocycles. The van der Waals surface area contributed by atoms with E-state index in [1.165, 1.54) is 0 Å². The molecule has 0 aromatic heterocycles. The highest BCUT2D eigenvalue weighted by atomic mass is 15.2. The summed E-state index contributed by atoms with van der Waals surface area (Å²) in [5, 5.41) is 0. The minimum Gasteiger partial charge on any atom is -0.254 e. The van der Waals surface area contributed by atoms with Gasteiger partial charge in [-0.25, -0.2) is 0 Å². The molecule has 2 N–H and O–H groups in total. The molecule has 1 aromatic carbocycles. The van der Waals surface area contributed by atoms with Gasteiger partial charge in [-0.3, -0.25) is 5.84 Å². The molecule has 0 spiro atoms. The van der Waals surface area contributed by atoms with Gasteiger partial charge in [0.05, 0.1) is 0 Å². The monoisotopic (exact) mass is 134 g/mol. The normalized spacial score (nSPS) is 9.70. The first-order chi connectivity index (χ1) is 4.93. The summed E-state index contributed by atoms with van der Waals surface area (Å²) in [7, 11) is 0. The van der Waals surface area contributed by atoms with Crippen LogP contribution in [0.2, 0.25) is 0 Å². The lowest BCUT2D eigenvalue weighted by Gasteiger charge is -1.95. The van der Waals surface area contributed by atoms with E-state index in [1.54, 1.807) is 0 Å². The first kappa shape index (κ1) is 7.25. The minimum atomic E-state index is 0.587. The lowest BCUT2D eigenvalue weighted by molar-refractivity contribution is 0.780. The summed E-state index contributed by atoms with van der Waals surface area (Å²) in [5.41, 5.74) is 4.64. The molecule has 0 saturated heterocycles. The number of rotatable bonds is 3. The Morgan fingerprint density at radius 1 is 1.30 bits per heavy atom. The van der Waals surface area contributed by atoms with Crippen molar-refractivity contribution in [2.24, 2.45) is 5.84 Å². The van der Waals surface area contributed by atoms with E-state index in [1.807, 2.05) is 36.8 Å². The molecule has 0 unspecified atom stereocenters. The molecule has 1 rings (SSSR count). The fraction of sp³-hybridized carbons (Fsp3) is 0.125. The summed E-state index contributed by atoms with van der Waals surface area (Å²) in [6.07, 6.45) is 1.97. The van der Waals surface area contributed by atoms with E-state index < -0.39 is 0 Å². The molecule has 0 aliphatic carbocycles. The predicted molar refractivity (Wildman–Crippen MR) is 41.0 cm³/mol. The van der Waals surface area contributed by atoms with Crippen molar-refractivity contribution in [3.8, 4) is 0 Å². The number of benzene rings is 1. The molecule has 0 bridgehead atoms. The van der Waals surface area contributed by atoms with Gasteiger partial charge in [0, 0.05) is 13.0 Å². The van der Waals surface area contributed by atoms with Gasteiger partial charge in [0.1, 0.15) is 0 Å². The number of nitrogens with zero attached hydrogens (tertiary/aromatic N) is 1. The van der Waals surface area contributed by atoms with Crippen LogP contribution in [0.25, 0.3) is 0 Å². The Morgan fingerprint density at radius 2 is 2.00 bits per heavy atom. The van der Waals surface area contributed by atoms with Crippen molar-refractivity contribution in [3.63, 3.8) is 0 Å². The second kappa shape index (κ2) is 4.04. The van der Waals surface area contributed by atoms with Gasteiger partial charge in [0.25, 0.3) is 0 Å². The van der Waals surface area contributed by atoms with Gasteiger partial charge in [0.2, 0.25) is 0 Å². The van der Waals surface area contributed by atoms with Crippen molar-refractivity contribution in [2.75, 3.05) is 6.54 Å². The van der Waals surface area contributed by atoms with E-state index in [0.717, 1.165) is 5.56 Å². The van der Waals surface area contributed by atoms with E-state index in [-0.39, 0.29) is 0 Å². The fourth-order valence-corrected chi connectivity index (χ4v) is 0.747. The summed E-state index contributed by atoms with van der Waals surface area (Å²) in [6, 6.07) is 10.00. The van der Waals surface area contributed by atoms with Crippen LogP contribution in [0.15, 0.2) is 30.3 Å². The first-order valence-corrected chi connectivity index (χ1v) is 3.18. The highest BCUT2D eigenvalue weighted by Crippen LogP contribution is 1.99. The number of hydrogen-bond donors (Lipinski definition) is 1. The zero-order chi connectivity index (χ0) is 7.23. The number of hydrogen-bond acceptors (Lipinski definition) is 1. The van der Waals surface area contributed by atoms with E-state index in [9.17, 15) is 0 Å². The molecule has 10 heavy (non-hydrogen) atoms. The lowest BCUT2D eigenvalue weighted by Crippen LogP contribution is -2.14. The smallest absolute Gasteiger partial charge is 0.0376 e. The van der Waals surface area contributed by atoms with Crippen molar-refractivity contribution in [1.82, 2.24) is 5.43 Å². The van der Waals surface area contributed by atoms with Crippen molar-refractivity contribution >= 4 is 0 Å². The quantitative estimate of drug-likeness (QED) is 0.480. The van der Waals surface area contributed by atoms with E-state index >= 15 is 0 Å². The molecule has 1 aromatic rings. The molecule has 0 fully saturated rings. The largest absolute Gasteiger partial charge is 0.254 e. The Bertz CT molecular complexity index is 172. The highest BCUT2D eigenvalue weighted by molar-refractivity contribution is 5.22. The molecule has 0 atom stereocenters. The average Bonchev–Trinajstić information content (AvgIpc) is 2.03. The first-order valence-electron chi connectivity index (χ1n) is 3.18. The maximum atomic E-state index is 4.97. The zero-order valence-corrected chi connectivity index (χ0v) is 5.70. The lowest BCUT2D eigenvalue weighted by atomic mass is 10.2. The van der Waals surface area contributed by atoms with E-state index in [0.29, 0.717) is 6.54 Å². The predicted octanol–water partition coefficient (Wildman–Crippen LogP) is 0.717. The van der Waals surface area contributed by atoms with Gasteiger partial charge in [-0.2, -0.15) is 5.43 Å². The van der Waals surface area contributed by atoms with Crippen LogP contribution < -0.4 is 11.3 Å². The van der Waals surface area contributed by atoms with E-state index in [2.05, 4.69) is 5.43 Å². The maximum absolute atomic E-state index is 4.97. The van der Waals surface area contributed by atoms with Gasteiger partial charge in [-0.1, -0.05) is 30.3 Å². The summed E-state index contributed by atoms with van der Waals surface area (Å²) < 4.78 is 0. The van der Waals surface area contributed by atoms with Crippen molar-refractivity contribution in [3.05, 3.63) is 42.3 Å². The Kier molecular flexibility index (Phi) is 2.93. The Hall–Kier alpha value is -0.860. The Morgan fingerprint density at radius 3 is 2.60 bits per heavy atom. The molecule has 52 valence electrons. The second-order valence-corrected chi connectivity index (χ2v) is 1.98. The zero-order valence-electron chi connectivity index (χ0n) is 5.70. The summed E-state index contributed by atoms with van der Waals surface area (Å²) >= 11 is 0. The third-order valence-electron chi connectivity index (χ3n) is 1.23. The standard InChI is InChI=1S/C8H10N2/c9-10-7-6-8-4-2-1-3-5-8/h1-6H,7,9H2. The third-order valence-corrected chi connectivity index (χ3v) is 1.23. The van der Waals surface area contributed by atoms with Crippen molar-refractivity contribution in [1.29, 1.82) is 0 Å². The molecule has 0 amide bonds. The maximum Gasteiger partial charge on any atom is 0.0376 e. The molecule has 2 heteroatoms. The fourth-order valence-electron chi connectivity index (χ4n) is 0.747. The van der Waals surface area contributed by atoms with Crippen LogP contribution in [0.3, 0.4) is 0 Å². The Balaban J connectivity index is 2.43. The molecular weight excluding hydrogens is 124 g/mol. The van der Waals surface area contributed by atoms with Gasteiger partial charge in [-0.15, -0.1) is 0 Å². The SMILES string of the molecule is N[N]C[CH]c1ccccc1. The summed E-state index contributed by atoms with van der Waals surface area (Å²) in [5.74, 6) is 4.97. The average molecular weight is 134 g/mol. The van der Waals surface area contributed by atoms with Crippen LogP contribution in [0.1, 0.15) is 5.56 Å². The molecule has 2 radical (unpaired) electrons. The molecular formula is C8H10N2. The highest BCUT2D eigenvalue weighted by Gasteiger charge is 1.88. The number of nitrogens with two attached hydrogens (primary N) is 1. The second-order valence-electron chi connectivity index (χ2n) is 1.98. The van der Waals surface area contributed by atoms with E-state index in [4.69, 9.17) is 5.84 Å². The summed E-state index contributed by atoms with van der Waals surface area (Å²) in [4.78, 5) is 0. The molecule has 0 heterocycles.